The molecule has 2 amide bonds. The number of nitrogens with zero attached hydrogens (tertiary/aromatic N) is 1. The normalized spacial score (nSPS) is 14.9. The van der Waals surface area contributed by atoms with Gasteiger partial charge in [0.05, 0.1) is 21.5 Å². The molecule has 1 aliphatic rings. The Bertz CT molecular complexity index is 1220. The average molecular weight is 502 g/mol. The summed E-state index contributed by atoms with van der Waals surface area (Å²) in [7, 11) is 0. The van der Waals surface area contributed by atoms with E-state index in [0.29, 0.717) is 10.5 Å². The second kappa shape index (κ2) is 10.00. The van der Waals surface area contributed by atoms with Gasteiger partial charge < -0.3 is 4.74 Å². The summed E-state index contributed by atoms with van der Waals surface area (Å²) in [6.07, 6.45) is 1.58. The molecule has 0 bridgehead atoms. The quantitative estimate of drug-likeness (QED) is 0.333. The number of rotatable bonds is 6. The first-order valence-electron chi connectivity index (χ1n) is 9.97. The lowest BCUT2D eigenvalue weighted by Gasteiger charge is -2.12. The van der Waals surface area contributed by atoms with Crippen LogP contribution >= 0.6 is 35.0 Å². The number of benzene rings is 3. The summed E-state index contributed by atoms with van der Waals surface area (Å²) < 4.78 is 18.8. The zero-order chi connectivity index (χ0) is 23.5. The topological polar surface area (TPSA) is 46.6 Å². The van der Waals surface area contributed by atoms with E-state index < -0.39 is 0 Å². The Kier molecular flexibility index (Phi) is 7.08. The van der Waals surface area contributed by atoms with Crippen molar-refractivity contribution in [2.24, 2.45) is 0 Å². The second-order valence-electron chi connectivity index (χ2n) is 7.48. The number of aryl methyl sites for hydroxylation is 1. The molecule has 0 atom stereocenters. The third kappa shape index (κ3) is 5.58. The Hall–Kier alpha value is -2.80. The van der Waals surface area contributed by atoms with Crippen molar-refractivity contribution >= 4 is 52.2 Å². The second-order valence-corrected chi connectivity index (χ2v) is 9.29. The maximum atomic E-state index is 13.1. The average Bonchev–Trinajstić information content (AvgIpc) is 3.03. The van der Waals surface area contributed by atoms with Crippen LogP contribution in [0.4, 0.5) is 9.18 Å². The fraction of sp³-hybridized carbons (Fsp3) is 0.120. The number of halogens is 3. The summed E-state index contributed by atoms with van der Waals surface area (Å²) in [6.45, 7) is 2.35. The van der Waals surface area contributed by atoms with Gasteiger partial charge in [0.1, 0.15) is 12.4 Å². The van der Waals surface area contributed by atoms with Crippen molar-refractivity contribution < 1.29 is 18.7 Å². The highest BCUT2D eigenvalue weighted by Gasteiger charge is 2.35. The fourth-order valence-corrected chi connectivity index (χ4v) is 4.65. The number of hydrogen-bond donors (Lipinski definition) is 0. The van der Waals surface area contributed by atoms with Crippen LogP contribution in [-0.4, -0.2) is 16.0 Å². The first kappa shape index (κ1) is 23.4. The lowest BCUT2D eigenvalue weighted by Crippen LogP contribution is -2.27. The van der Waals surface area contributed by atoms with Gasteiger partial charge in [0, 0.05) is 0 Å². The molecule has 0 N–H and O–H groups in total. The first-order chi connectivity index (χ1) is 15.8. The van der Waals surface area contributed by atoms with Gasteiger partial charge >= 0.3 is 0 Å². The number of ether oxygens (including phenoxy) is 1. The summed E-state index contributed by atoms with van der Waals surface area (Å²) in [4.78, 5) is 26.7. The molecule has 1 aliphatic heterocycles. The zero-order valence-electron chi connectivity index (χ0n) is 17.5. The molecule has 1 fully saturated rings. The van der Waals surface area contributed by atoms with Gasteiger partial charge in [-0.3, -0.25) is 14.5 Å². The van der Waals surface area contributed by atoms with Crippen LogP contribution in [0.5, 0.6) is 5.75 Å². The number of thioether (sulfide) groups is 1. The Morgan fingerprint density at radius 2 is 1.58 bits per heavy atom. The molecular weight excluding hydrogens is 484 g/mol. The Labute approximate surface area is 204 Å². The summed E-state index contributed by atoms with van der Waals surface area (Å²) >= 11 is 13.6. The van der Waals surface area contributed by atoms with Crippen molar-refractivity contribution in [1.82, 2.24) is 4.90 Å². The summed E-state index contributed by atoms with van der Waals surface area (Å²) in [5, 5.41) is 0.188. The van der Waals surface area contributed by atoms with Gasteiger partial charge in [0.15, 0.2) is 5.75 Å². The van der Waals surface area contributed by atoms with E-state index in [9.17, 15) is 14.0 Å². The molecule has 1 saturated heterocycles. The molecule has 3 aromatic rings. The van der Waals surface area contributed by atoms with Gasteiger partial charge in [-0.25, -0.2) is 4.39 Å². The van der Waals surface area contributed by atoms with Gasteiger partial charge in [0.25, 0.3) is 11.1 Å². The Morgan fingerprint density at radius 3 is 2.21 bits per heavy atom. The number of hydrogen-bond acceptors (Lipinski definition) is 4. The smallest absolute Gasteiger partial charge is 0.293 e. The highest BCUT2D eigenvalue weighted by Crippen LogP contribution is 2.38. The molecule has 0 unspecified atom stereocenters. The lowest BCUT2D eigenvalue weighted by molar-refractivity contribution is -0.123. The lowest BCUT2D eigenvalue weighted by atomic mass is 10.1. The minimum Gasteiger partial charge on any atom is -0.486 e. The molecule has 4 rings (SSSR count). The van der Waals surface area contributed by atoms with E-state index in [1.807, 2.05) is 31.2 Å². The molecule has 8 heteroatoms. The maximum absolute atomic E-state index is 13.1. The molecule has 4 nitrogen and oxygen atoms in total. The summed E-state index contributed by atoms with van der Waals surface area (Å²) in [6, 6.07) is 16.8. The standard InChI is InChI=1S/C25H18Cl2FNO3S/c1-15-2-4-16(5-3-15)13-29-24(30)22(33-25(29)31)12-18-10-20(26)23(21(27)11-18)32-14-17-6-8-19(28)9-7-17/h2-12H,13-14H2,1H3/b22-12-. The van der Waals surface area contributed by atoms with Crippen LogP contribution in [0.25, 0.3) is 6.08 Å². The molecule has 0 spiro atoms. The van der Waals surface area contributed by atoms with Crippen molar-refractivity contribution in [3.8, 4) is 5.75 Å². The van der Waals surface area contributed by atoms with Crippen LogP contribution in [0.3, 0.4) is 0 Å². The molecular formula is C25H18Cl2FNO3S. The van der Waals surface area contributed by atoms with E-state index in [2.05, 4.69) is 0 Å². The molecule has 1 heterocycles. The molecule has 0 aliphatic carbocycles. The molecule has 3 aromatic carbocycles. The van der Waals surface area contributed by atoms with E-state index in [1.54, 1.807) is 30.3 Å². The van der Waals surface area contributed by atoms with Crippen LogP contribution in [0.1, 0.15) is 22.3 Å². The number of amides is 2. The van der Waals surface area contributed by atoms with E-state index in [0.717, 1.165) is 28.5 Å². The van der Waals surface area contributed by atoms with E-state index in [-0.39, 0.29) is 45.9 Å². The van der Waals surface area contributed by atoms with Gasteiger partial charge in [-0.15, -0.1) is 0 Å². The summed E-state index contributed by atoms with van der Waals surface area (Å²) in [5.41, 5.74) is 3.30. The van der Waals surface area contributed by atoms with Crippen molar-refractivity contribution in [2.45, 2.75) is 20.1 Å². The van der Waals surface area contributed by atoms with Gasteiger partial charge in [0.2, 0.25) is 0 Å². The van der Waals surface area contributed by atoms with Crippen LogP contribution < -0.4 is 4.74 Å². The number of carbonyl (C=O) groups excluding carboxylic acids is 2. The Balaban J connectivity index is 1.49. The van der Waals surface area contributed by atoms with Crippen molar-refractivity contribution in [1.29, 1.82) is 0 Å². The maximum Gasteiger partial charge on any atom is 0.293 e. The third-order valence-corrected chi connectivity index (χ3v) is 6.42. The highest BCUT2D eigenvalue weighted by molar-refractivity contribution is 8.18. The first-order valence-corrected chi connectivity index (χ1v) is 11.5. The minimum atomic E-state index is -0.366. The molecule has 0 saturated carbocycles. The molecule has 0 radical (unpaired) electrons. The monoisotopic (exact) mass is 501 g/mol. The van der Waals surface area contributed by atoms with Gasteiger partial charge in [-0.1, -0.05) is 65.2 Å². The SMILES string of the molecule is Cc1ccc(CN2C(=O)S/C(=C\c3cc(Cl)c(OCc4ccc(F)cc4)c(Cl)c3)C2=O)cc1. The van der Waals surface area contributed by atoms with Gasteiger partial charge in [-0.2, -0.15) is 0 Å². The van der Waals surface area contributed by atoms with Crippen molar-refractivity contribution in [3.63, 3.8) is 0 Å². The van der Waals surface area contributed by atoms with E-state index in [4.69, 9.17) is 27.9 Å². The third-order valence-electron chi connectivity index (χ3n) is 4.95. The fourth-order valence-electron chi connectivity index (χ4n) is 3.20. The summed E-state index contributed by atoms with van der Waals surface area (Å²) in [5.74, 6) is -0.413. The van der Waals surface area contributed by atoms with Crippen LogP contribution in [0.2, 0.25) is 10.0 Å². The predicted molar refractivity (Wildman–Crippen MR) is 130 cm³/mol. The minimum absolute atomic E-state index is 0.164. The van der Waals surface area contributed by atoms with E-state index in [1.165, 1.54) is 17.0 Å². The largest absolute Gasteiger partial charge is 0.486 e. The van der Waals surface area contributed by atoms with Crippen LogP contribution in [0.15, 0.2) is 65.6 Å². The van der Waals surface area contributed by atoms with Crippen LogP contribution in [-0.2, 0) is 17.9 Å². The number of imide groups is 1. The highest BCUT2D eigenvalue weighted by atomic mass is 35.5. The zero-order valence-corrected chi connectivity index (χ0v) is 19.8. The Morgan fingerprint density at radius 1 is 0.970 bits per heavy atom. The molecule has 0 aromatic heterocycles. The van der Waals surface area contributed by atoms with Crippen molar-refractivity contribution in [2.75, 3.05) is 0 Å². The van der Waals surface area contributed by atoms with Gasteiger partial charge in [-0.05, 0) is 65.7 Å². The van der Waals surface area contributed by atoms with Crippen LogP contribution in [0, 0.1) is 12.7 Å². The molecule has 33 heavy (non-hydrogen) atoms. The number of carbonyl (C=O) groups is 2. The van der Waals surface area contributed by atoms with Crippen molar-refractivity contribution in [3.05, 3.63) is 104 Å². The molecule has 168 valence electrons. The van der Waals surface area contributed by atoms with E-state index >= 15 is 0 Å². The predicted octanol–water partition coefficient (Wildman–Crippen LogP) is 7.26.